The van der Waals surface area contributed by atoms with E-state index in [9.17, 15) is 0 Å². The van der Waals surface area contributed by atoms with Gasteiger partial charge in [0, 0.05) is 6.54 Å². The van der Waals surface area contributed by atoms with Crippen LogP contribution in [0.1, 0.15) is 0 Å². The van der Waals surface area contributed by atoms with Gasteiger partial charge in [-0.1, -0.05) is 18.2 Å². The zero-order valence-electron chi connectivity index (χ0n) is 9.85. The number of nitrogens with two attached hydrogens (primary N) is 1. The number of hydrogen-bond acceptors (Lipinski definition) is 4. The van der Waals surface area contributed by atoms with E-state index in [1.807, 2.05) is 42.5 Å². The Morgan fingerprint density at radius 1 is 1.06 bits per heavy atom. The summed E-state index contributed by atoms with van der Waals surface area (Å²) in [7, 11) is 0. The van der Waals surface area contributed by atoms with E-state index in [4.69, 9.17) is 15.2 Å². The molecule has 0 spiro atoms. The molecule has 0 amide bonds. The molecule has 0 unspecified atom stereocenters. The first-order chi connectivity index (χ1) is 8.88. The highest BCUT2D eigenvalue weighted by molar-refractivity contribution is 5.77. The smallest absolute Gasteiger partial charge is 0.192 e. The van der Waals surface area contributed by atoms with Crippen molar-refractivity contribution < 1.29 is 9.47 Å². The van der Waals surface area contributed by atoms with E-state index in [0.29, 0.717) is 24.7 Å². The molecule has 0 bridgehead atoms. The second-order valence-corrected chi connectivity index (χ2v) is 3.99. The van der Waals surface area contributed by atoms with Gasteiger partial charge in [-0.2, -0.15) is 0 Å². The van der Waals surface area contributed by atoms with Crippen LogP contribution in [-0.4, -0.2) is 13.2 Å². The fourth-order valence-electron chi connectivity index (χ4n) is 1.92. The van der Waals surface area contributed by atoms with E-state index in [1.165, 1.54) is 0 Å². The summed E-state index contributed by atoms with van der Waals surface area (Å²) in [4.78, 5) is 0. The van der Waals surface area contributed by atoms with Gasteiger partial charge >= 0.3 is 0 Å². The number of ether oxygens (including phenoxy) is 2. The third-order valence-electron chi connectivity index (χ3n) is 2.72. The molecule has 4 heteroatoms. The molecule has 2 aromatic rings. The Balaban J connectivity index is 1.97. The SMILES string of the molecule is NCCOc1cccc2c1Oc1ccccc1N2. The molecule has 0 aromatic heterocycles. The number of anilines is 2. The van der Waals surface area contributed by atoms with Crippen molar-refractivity contribution in [2.45, 2.75) is 0 Å². The molecule has 0 aliphatic carbocycles. The number of para-hydroxylation sites is 3. The first-order valence-electron chi connectivity index (χ1n) is 5.88. The second kappa shape index (κ2) is 4.58. The minimum absolute atomic E-state index is 0.474. The van der Waals surface area contributed by atoms with Gasteiger partial charge in [-0.25, -0.2) is 0 Å². The van der Waals surface area contributed by atoms with Crippen LogP contribution in [0.25, 0.3) is 0 Å². The summed E-state index contributed by atoms with van der Waals surface area (Å²) in [5.41, 5.74) is 7.31. The lowest BCUT2D eigenvalue weighted by Crippen LogP contribution is -2.12. The molecule has 0 saturated heterocycles. The van der Waals surface area contributed by atoms with Crippen molar-refractivity contribution >= 4 is 11.4 Å². The van der Waals surface area contributed by atoms with Gasteiger partial charge in [0.1, 0.15) is 6.61 Å². The summed E-state index contributed by atoms with van der Waals surface area (Å²) in [6.07, 6.45) is 0. The van der Waals surface area contributed by atoms with E-state index in [-0.39, 0.29) is 0 Å². The molecule has 0 atom stereocenters. The largest absolute Gasteiger partial charge is 0.488 e. The minimum Gasteiger partial charge on any atom is -0.488 e. The number of fused-ring (bicyclic) bond motifs is 2. The van der Waals surface area contributed by atoms with Crippen LogP contribution < -0.4 is 20.5 Å². The third-order valence-corrected chi connectivity index (χ3v) is 2.72. The molecule has 0 saturated carbocycles. The van der Waals surface area contributed by atoms with Gasteiger partial charge in [-0.05, 0) is 24.3 Å². The molecule has 4 nitrogen and oxygen atoms in total. The number of hydrogen-bond donors (Lipinski definition) is 2. The highest BCUT2D eigenvalue weighted by atomic mass is 16.5. The van der Waals surface area contributed by atoms with Gasteiger partial charge in [0.2, 0.25) is 0 Å². The van der Waals surface area contributed by atoms with Gasteiger partial charge in [0.15, 0.2) is 17.2 Å². The van der Waals surface area contributed by atoms with E-state index in [2.05, 4.69) is 5.32 Å². The maximum Gasteiger partial charge on any atom is 0.192 e. The molecule has 0 fully saturated rings. The fourth-order valence-corrected chi connectivity index (χ4v) is 1.92. The first-order valence-corrected chi connectivity index (χ1v) is 5.88. The Morgan fingerprint density at radius 2 is 1.89 bits per heavy atom. The molecule has 92 valence electrons. The van der Waals surface area contributed by atoms with Crippen LogP contribution in [0, 0.1) is 0 Å². The number of nitrogens with one attached hydrogen (secondary N) is 1. The van der Waals surface area contributed by atoms with Crippen molar-refractivity contribution in [2.75, 3.05) is 18.5 Å². The highest BCUT2D eigenvalue weighted by Crippen LogP contribution is 2.46. The van der Waals surface area contributed by atoms with E-state index in [1.54, 1.807) is 0 Å². The Morgan fingerprint density at radius 3 is 2.78 bits per heavy atom. The van der Waals surface area contributed by atoms with Crippen molar-refractivity contribution in [3.8, 4) is 17.2 Å². The summed E-state index contributed by atoms with van der Waals surface area (Å²) < 4.78 is 11.5. The van der Waals surface area contributed by atoms with Crippen molar-refractivity contribution in [2.24, 2.45) is 5.73 Å². The molecule has 1 aliphatic heterocycles. The van der Waals surface area contributed by atoms with Crippen molar-refractivity contribution in [3.05, 3.63) is 42.5 Å². The second-order valence-electron chi connectivity index (χ2n) is 3.99. The van der Waals surface area contributed by atoms with Crippen molar-refractivity contribution in [3.63, 3.8) is 0 Å². The topological polar surface area (TPSA) is 56.5 Å². The molecule has 1 aliphatic rings. The van der Waals surface area contributed by atoms with Gasteiger partial charge in [0.25, 0.3) is 0 Å². The van der Waals surface area contributed by atoms with Gasteiger partial charge in [0.05, 0.1) is 11.4 Å². The molecule has 0 radical (unpaired) electrons. The quantitative estimate of drug-likeness (QED) is 0.741. The van der Waals surface area contributed by atoms with Gasteiger partial charge in [-0.3, -0.25) is 0 Å². The minimum atomic E-state index is 0.474. The predicted octanol–water partition coefficient (Wildman–Crippen LogP) is 2.87. The Kier molecular flexibility index (Phi) is 2.78. The standard InChI is InChI=1S/C14H14N2O2/c15-8-9-17-13-7-3-5-11-14(13)18-12-6-2-1-4-10(12)16-11/h1-7,16H,8-9,15H2. The summed E-state index contributed by atoms with van der Waals surface area (Å²) in [5.74, 6) is 2.22. The lowest BCUT2D eigenvalue weighted by Gasteiger charge is -2.23. The number of rotatable bonds is 3. The number of benzene rings is 2. The first kappa shape index (κ1) is 10.9. The fraction of sp³-hybridized carbons (Fsp3) is 0.143. The van der Waals surface area contributed by atoms with Crippen molar-refractivity contribution in [1.29, 1.82) is 0 Å². The molecule has 2 aromatic carbocycles. The van der Waals surface area contributed by atoms with E-state index in [0.717, 1.165) is 17.1 Å². The van der Waals surface area contributed by atoms with E-state index < -0.39 is 0 Å². The molecular weight excluding hydrogens is 228 g/mol. The third kappa shape index (κ3) is 1.87. The normalized spacial score (nSPS) is 11.8. The van der Waals surface area contributed by atoms with Gasteiger partial charge in [-0.15, -0.1) is 0 Å². The Bertz CT molecular complexity index is 569. The average Bonchev–Trinajstić information content (AvgIpc) is 2.43. The summed E-state index contributed by atoms with van der Waals surface area (Å²) >= 11 is 0. The molecule has 3 N–H and O–H groups in total. The van der Waals surface area contributed by atoms with Crippen LogP contribution in [0.3, 0.4) is 0 Å². The van der Waals surface area contributed by atoms with Crippen molar-refractivity contribution in [1.82, 2.24) is 0 Å². The summed E-state index contributed by atoms with van der Waals surface area (Å²) in [5, 5.41) is 3.32. The van der Waals surface area contributed by atoms with Crippen LogP contribution in [0.4, 0.5) is 11.4 Å². The maximum absolute atomic E-state index is 5.88. The monoisotopic (exact) mass is 242 g/mol. The predicted molar refractivity (Wildman–Crippen MR) is 70.8 cm³/mol. The molecule has 3 rings (SSSR count). The van der Waals surface area contributed by atoms with Gasteiger partial charge < -0.3 is 20.5 Å². The zero-order valence-corrected chi connectivity index (χ0v) is 9.85. The van der Waals surface area contributed by atoms with Crippen LogP contribution >= 0.6 is 0 Å². The Hall–Kier alpha value is -2.20. The summed E-state index contributed by atoms with van der Waals surface area (Å²) in [6, 6.07) is 13.6. The lowest BCUT2D eigenvalue weighted by molar-refractivity contribution is 0.311. The van der Waals surface area contributed by atoms with Crippen LogP contribution in [0.15, 0.2) is 42.5 Å². The highest BCUT2D eigenvalue weighted by Gasteiger charge is 2.19. The molecule has 1 heterocycles. The summed E-state index contributed by atoms with van der Waals surface area (Å²) in [6.45, 7) is 0.954. The average molecular weight is 242 g/mol. The molecule has 18 heavy (non-hydrogen) atoms. The van der Waals surface area contributed by atoms with Crippen LogP contribution in [0.5, 0.6) is 17.2 Å². The maximum atomic E-state index is 5.88. The van der Waals surface area contributed by atoms with Crippen LogP contribution in [0.2, 0.25) is 0 Å². The zero-order chi connectivity index (χ0) is 12.4. The lowest BCUT2D eigenvalue weighted by atomic mass is 10.2. The Labute approximate surface area is 105 Å². The molecular formula is C14H14N2O2. The van der Waals surface area contributed by atoms with Crippen LogP contribution in [-0.2, 0) is 0 Å². The van der Waals surface area contributed by atoms with E-state index >= 15 is 0 Å².